The Hall–Kier alpha value is -2.91. The van der Waals surface area contributed by atoms with Crippen LogP contribution in [0.3, 0.4) is 0 Å². The minimum absolute atomic E-state index is 0.00409. The first-order valence-corrected chi connectivity index (χ1v) is 15.0. The topological polar surface area (TPSA) is 90.7 Å². The molecule has 0 amide bonds. The lowest BCUT2D eigenvalue weighted by Gasteiger charge is -2.60. The summed E-state index contributed by atoms with van der Waals surface area (Å²) in [6.07, 6.45) is 10.6. The number of carbonyl (C=O) groups excluding carboxylic acids is 2. The highest BCUT2D eigenvalue weighted by Gasteiger charge is 2.70. The van der Waals surface area contributed by atoms with Crippen LogP contribution in [-0.4, -0.2) is 44.3 Å². The number of carbonyl (C=O) groups is 2. The largest absolute Gasteiger partial charge is 0.500 e. The van der Waals surface area contributed by atoms with E-state index in [9.17, 15) is 19.1 Å². The lowest BCUT2D eigenvalue weighted by molar-refractivity contribution is -0.198. The van der Waals surface area contributed by atoms with E-state index in [1.54, 1.807) is 18.2 Å². The molecule has 1 N–H and O–H groups in total. The maximum Gasteiger partial charge on any atom is 0.317 e. The SMILES string of the molecule is C[C@]12Cc3cnn(-c4ccc(F)cc4)c3C=C1CC[C@@H]1[C@@H]2[C@@H](O)C[C@@]2(C)[C@H]1CC[C@]2(OC(=O)C1C=COC1)C(=O)S. The smallest absolute Gasteiger partial charge is 0.317 e. The number of allylic oxidation sites excluding steroid dienone is 1. The number of fused-ring (bicyclic) bond motifs is 6. The fourth-order valence-electron chi connectivity index (χ4n) is 9.28. The highest BCUT2D eigenvalue weighted by molar-refractivity contribution is 7.96. The van der Waals surface area contributed by atoms with Crippen molar-refractivity contribution in [1.29, 1.82) is 0 Å². The van der Waals surface area contributed by atoms with Crippen molar-refractivity contribution in [2.75, 3.05) is 6.61 Å². The molecule has 7 nitrogen and oxygen atoms in total. The number of halogens is 1. The summed E-state index contributed by atoms with van der Waals surface area (Å²) in [5, 5.41) is 16.2. The van der Waals surface area contributed by atoms with Crippen molar-refractivity contribution in [2.45, 2.75) is 64.1 Å². The molecule has 8 atom stereocenters. The molecule has 7 rings (SSSR count). The van der Waals surface area contributed by atoms with E-state index in [2.05, 4.69) is 30.7 Å². The van der Waals surface area contributed by atoms with E-state index in [0.29, 0.717) is 12.8 Å². The highest BCUT2D eigenvalue weighted by Crippen LogP contribution is 2.68. The van der Waals surface area contributed by atoms with Crippen molar-refractivity contribution in [3.05, 3.63) is 65.4 Å². The molecule has 41 heavy (non-hydrogen) atoms. The van der Waals surface area contributed by atoms with Gasteiger partial charge in [0.25, 0.3) is 0 Å². The van der Waals surface area contributed by atoms with Gasteiger partial charge in [0, 0.05) is 5.41 Å². The summed E-state index contributed by atoms with van der Waals surface area (Å²) in [5.74, 6) is -1.03. The van der Waals surface area contributed by atoms with Crippen LogP contribution < -0.4 is 0 Å². The number of aliphatic hydroxyl groups excluding tert-OH is 1. The number of benzene rings is 1. The Morgan fingerprint density at radius 2 is 2.00 bits per heavy atom. The zero-order valence-corrected chi connectivity index (χ0v) is 24.1. The summed E-state index contributed by atoms with van der Waals surface area (Å²) in [5.41, 5.74) is 1.84. The third kappa shape index (κ3) is 3.77. The number of ether oxygens (including phenoxy) is 2. The Bertz CT molecular complexity index is 1490. The van der Waals surface area contributed by atoms with Crippen LogP contribution in [0.2, 0.25) is 0 Å². The molecule has 2 heterocycles. The van der Waals surface area contributed by atoms with Crippen LogP contribution in [0.5, 0.6) is 0 Å². The molecule has 1 aromatic carbocycles. The molecule has 4 aliphatic carbocycles. The third-order valence-corrected chi connectivity index (χ3v) is 11.6. The Morgan fingerprint density at radius 1 is 1.22 bits per heavy atom. The predicted octanol–water partition coefficient (Wildman–Crippen LogP) is 5.06. The van der Waals surface area contributed by atoms with Gasteiger partial charge in [-0.15, -0.1) is 12.6 Å². The van der Waals surface area contributed by atoms with Crippen molar-refractivity contribution in [3.63, 3.8) is 0 Å². The van der Waals surface area contributed by atoms with Crippen LogP contribution in [0, 0.1) is 40.3 Å². The van der Waals surface area contributed by atoms with Gasteiger partial charge in [0.05, 0.1) is 29.9 Å². The van der Waals surface area contributed by atoms with Crippen LogP contribution >= 0.6 is 12.6 Å². The first-order valence-electron chi connectivity index (χ1n) is 14.5. The van der Waals surface area contributed by atoms with Gasteiger partial charge in [0.15, 0.2) is 5.60 Å². The molecule has 0 bridgehead atoms. The standard InChI is InChI=1S/C32H35FN2O5S/c1-30-14-19-16-34-35(22-6-4-21(33)5-7-22)25(19)13-20(30)3-8-23-24-9-11-32(29(38)41,31(24,2)15-26(36)27(23)30)40-28(37)18-10-12-39-17-18/h4-7,10,12-13,16,18,23-24,26-27,36H,3,8-9,11,14-15,17H2,1-2H3,(H,38,41)/t18?,23-,24-,26-,27+,30-,31-,32-/m0/s1. The minimum Gasteiger partial charge on any atom is -0.500 e. The first-order chi connectivity index (χ1) is 19.6. The molecule has 3 fully saturated rings. The van der Waals surface area contributed by atoms with Crippen molar-refractivity contribution in [3.8, 4) is 5.69 Å². The molecule has 1 unspecified atom stereocenters. The molecule has 5 aliphatic rings. The molecule has 1 aromatic heterocycles. The number of thiol groups is 1. The average Bonchev–Trinajstić information content (AvgIpc) is 3.66. The maximum atomic E-state index is 13.6. The van der Waals surface area contributed by atoms with Gasteiger partial charge < -0.3 is 14.6 Å². The lowest BCUT2D eigenvalue weighted by Crippen LogP contribution is -2.62. The van der Waals surface area contributed by atoms with E-state index in [-0.39, 0.29) is 35.6 Å². The van der Waals surface area contributed by atoms with Gasteiger partial charge in [-0.2, -0.15) is 5.10 Å². The van der Waals surface area contributed by atoms with E-state index in [1.165, 1.54) is 24.0 Å². The zero-order chi connectivity index (χ0) is 28.7. The zero-order valence-electron chi connectivity index (χ0n) is 23.3. The Labute approximate surface area is 244 Å². The maximum absolute atomic E-state index is 13.6. The Balaban J connectivity index is 1.21. The van der Waals surface area contributed by atoms with Crippen LogP contribution in [0.1, 0.15) is 57.2 Å². The normalized spacial score (nSPS) is 38.7. The second kappa shape index (κ2) is 9.30. The molecule has 216 valence electrons. The summed E-state index contributed by atoms with van der Waals surface area (Å²) in [4.78, 5) is 26.4. The van der Waals surface area contributed by atoms with Gasteiger partial charge in [-0.1, -0.05) is 19.4 Å². The lowest BCUT2D eigenvalue weighted by atomic mass is 9.45. The van der Waals surface area contributed by atoms with Gasteiger partial charge in [-0.25, -0.2) is 9.07 Å². The summed E-state index contributed by atoms with van der Waals surface area (Å²) >= 11 is 4.29. The van der Waals surface area contributed by atoms with Crippen molar-refractivity contribution < 1.29 is 28.6 Å². The van der Waals surface area contributed by atoms with Crippen molar-refractivity contribution >= 4 is 29.8 Å². The minimum atomic E-state index is -1.38. The molecule has 0 spiro atoms. The summed E-state index contributed by atoms with van der Waals surface area (Å²) < 4.78 is 26.8. The van der Waals surface area contributed by atoms with Crippen molar-refractivity contribution in [1.82, 2.24) is 9.78 Å². The van der Waals surface area contributed by atoms with Crippen molar-refractivity contribution in [2.24, 2.45) is 34.5 Å². The molecular formula is C32H35FN2O5S. The van der Waals surface area contributed by atoms with Gasteiger partial charge in [-0.3, -0.25) is 9.59 Å². The summed E-state index contributed by atoms with van der Waals surface area (Å²) in [7, 11) is 0. The quantitative estimate of drug-likeness (QED) is 0.389. The fraction of sp³-hybridized carbons (Fsp3) is 0.531. The van der Waals surface area contributed by atoms with E-state index in [4.69, 9.17) is 9.47 Å². The molecule has 9 heteroatoms. The van der Waals surface area contributed by atoms with Crippen LogP contribution in [0.25, 0.3) is 11.8 Å². The van der Waals surface area contributed by atoms with Gasteiger partial charge >= 0.3 is 5.97 Å². The van der Waals surface area contributed by atoms with E-state index in [1.807, 2.05) is 17.8 Å². The van der Waals surface area contributed by atoms with E-state index >= 15 is 0 Å². The molecule has 3 saturated carbocycles. The Kier molecular flexibility index (Phi) is 6.11. The number of aliphatic hydroxyl groups is 1. The van der Waals surface area contributed by atoms with Crippen LogP contribution in [-0.2, 0) is 25.5 Å². The molecule has 1 aliphatic heterocycles. The number of hydrogen-bond donors (Lipinski definition) is 2. The monoisotopic (exact) mass is 578 g/mol. The highest BCUT2D eigenvalue weighted by atomic mass is 32.1. The fourth-order valence-corrected chi connectivity index (χ4v) is 9.70. The van der Waals surface area contributed by atoms with E-state index < -0.39 is 34.1 Å². The summed E-state index contributed by atoms with van der Waals surface area (Å²) in [6.45, 7) is 4.49. The molecular weight excluding hydrogens is 543 g/mol. The Morgan fingerprint density at radius 3 is 2.71 bits per heavy atom. The molecule has 0 radical (unpaired) electrons. The number of esters is 1. The average molecular weight is 579 g/mol. The van der Waals surface area contributed by atoms with Gasteiger partial charge in [-0.05, 0) is 104 Å². The second-order valence-electron chi connectivity index (χ2n) is 13.1. The number of rotatable bonds is 4. The molecule has 0 saturated heterocycles. The van der Waals surface area contributed by atoms with E-state index in [0.717, 1.165) is 42.6 Å². The third-order valence-electron chi connectivity index (χ3n) is 11.2. The number of aromatic nitrogens is 2. The van der Waals surface area contributed by atoms with Crippen LogP contribution in [0.15, 0.2) is 48.4 Å². The van der Waals surface area contributed by atoms with Gasteiger partial charge in [0.2, 0.25) is 5.12 Å². The number of nitrogens with zero attached hydrogens (tertiary/aromatic N) is 2. The predicted molar refractivity (Wildman–Crippen MR) is 152 cm³/mol. The summed E-state index contributed by atoms with van der Waals surface area (Å²) in [6, 6.07) is 6.35. The molecule has 2 aromatic rings. The first kappa shape index (κ1) is 27.0. The second-order valence-corrected chi connectivity index (χ2v) is 13.5. The van der Waals surface area contributed by atoms with Gasteiger partial charge in [0.1, 0.15) is 18.3 Å². The van der Waals surface area contributed by atoms with Crippen LogP contribution in [0.4, 0.5) is 4.39 Å². The number of hydrogen-bond acceptors (Lipinski definition) is 6.